The third-order valence-electron chi connectivity index (χ3n) is 3.78. The Kier molecular flexibility index (Phi) is 5.50. The van der Waals surface area contributed by atoms with Crippen molar-refractivity contribution in [3.8, 4) is 0 Å². The molecule has 1 atom stereocenters. The summed E-state index contributed by atoms with van der Waals surface area (Å²) >= 11 is 5.42. The highest BCUT2D eigenvalue weighted by atomic mass is 32.1. The van der Waals surface area contributed by atoms with E-state index in [2.05, 4.69) is 54.6 Å². The Hall–Kier alpha value is -1.94. The van der Waals surface area contributed by atoms with Gasteiger partial charge >= 0.3 is 0 Å². The van der Waals surface area contributed by atoms with Crippen LogP contribution in [0.1, 0.15) is 41.8 Å². The minimum Gasteiger partial charge on any atom is -0.356 e. The van der Waals surface area contributed by atoms with Gasteiger partial charge in [-0.3, -0.25) is 0 Å². The molecule has 3 nitrogen and oxygen atoms in total. The van der Waals surface area contributed by atoms with Gasteiger partial charge in [0.2, 0.25) is 0 Å². The largest absolute Gasteiger partial charge is 0.356 e. The Balaban J connectivity index is 2.06. The Morgan fingerprint density at radius 3 is 2.55 bits per heavy atom. The molecule has 0 spiro atoms. The molecule has 2 aromatic rings. The molecule has 116 valence electrons. The normalized spacial score (nSPS) is 11.8. The Bertz CT molecular complexity index is 667. The molecule has 0 unspecified atom stereocenters. The van der Waals surface area contributed by atoms with E-state index in [1.165, 1.54) is 16.7 Å². The first-order valence-corrected chi connectivity index (χ1v) is 7.98. The summed E-state index contributed by atoms with van der Waals surface area (Å²) in [6.07, 6.45) is 0.964. The lowest BCUT2D eigenvalue weighted by Gasteiger charge is -2.20. The first-order valence-electron chi connectivity index (χ1n) is 7.58. The number of nitrogens with zero attached hydrogens (tertiary/aromatic N) is 1. The zero-order valence-electron chi connectivity index (χ0n) is 13.6. The summed E-state index contributed by atoms with van der Waals surface area (Å²) in [5.74, 6) is 0.771. The van der Waals surface area contributed by atoms with Crippen LogP contribution in [0.15, 0.2) is 36.4 Å². The summed E-state index contributed by atoms with van der Waals surface area (Å²) < 4.78 is 0. The van der Waals surface area contributed by atoms with E-state index in [9.17, 15) is 0 Å². The van der Waals surface area contributed by atoms with Gasteiger partial charge in [-0.25, -0.2) is 4.98 Å². The predicted octanol–water partition coefficient (Wildman–Crippen LogP) is 4.44. The standard InChI is InChI=1S/C18H23N3S/c1-5-16(15-10-9-12(2)13(3)11-15)20-18(22)21-17-8-6-7-14(4)19-17/h6-11,16H,5H2,1-4H3,(H2,19,20,21,22)/t16-/m0/s1. The fourth-order valence-corrected chi connectivity index (χ4v) is 2.57. The highest BCUT2D eigenvalue weighted by Gasteiger charge is 2.11. The summed E-state index contributed by atoms with van der Waals surface area (Å²) in [5.41, 5.74) is 4.83. The molecule has 2 rings (SSSR count). The molecule has 1 heterocycles. The van der Waals surface area contributed by atoms with Gasteiger partial charge in [0.1, 0.15) is 5.82 Å². The first-order chi connectivity index (χ1) is 10.5. The third-order valence-corrected chi connectivity index (χ3v) is 4.00. The van der Waals surface area contributed by atoms with Crippen LogP contribution in [0.2, 0.25) is 0 Å². The van der Waals surface area contributed by atoms with Gasteiger partial charge in [0.25, 0.3) is 0 Å². The Morgan fingerprint density at radius 2 is 1.91 bits per heavy atom. The molecule has 0 saturated carbocycles. The number of hydrogen-bond acceptors (Lipinski definition) is 2. The molecule has 0 radical (unpaired) electrons. The maximum absolute atomic E-state index is 5.42. The third kappa shape index (κ3) is 4.28. The minimum atomic E-state index is 0.198. The topological polar surface area (TPSA) is 37.0 Å². The van der Waals surface area contributed by atoms with Crippen molar-refractivity contribution in [1.82, 2.24) is 10.3 Å². The van der Waals surface area contributed by atoms with Gasteiger partial charge in [-0.05, 0) is 68.2 Å². The van der Waals surface area contributed by atoms with E-state index in [-0.39, 0.29) is 6.04 Å². The zero-order chi connectivity index (χ0) is 16.1. The molecule has 0 fully saturated rings. The fourth-order valence-electron chi connectivity index (χ4n) is 2.33. The number of thiocarbonyl (C=S) groups is 1. The summed E-state index contributed by atoms with van der Waals surface area (Å²) in [5, 5.41) is 7.13. The Morgan fingerprint density at radius 1 is 1.14 bits per heavy atom. The maximum atomic E-state index is 5.42. The molecule has 1 aromatic heterocycles. The second kappa shape index (κ2) is 7.36. The number of hydrogen-bond donors (Lipinski definition) is 2. The SMILES string of the molecule is CC[C@H](NC(=S)Nc1cccc(C)n1)c1ccc(C)c(C)c1. The van der Waals surface area contributed by atoms with Crippen molar-refractivity contribution in [3.05, 3.63) is 58.8 Å². The van der Waals surface area contributed by atoms with Gasteiger partial charge in [0.15, 0.2) is 5.11 Å². The number of benzene rings is 1. The van der Waals surface area contributed by atoms with Crippen LogP contribution < -0.4 is 10.6 Å². The molecule has 0 bridgehead atoms. The van der Waals surface area contributed by atoms with E-state index in [0.717, 1.165) is 17.9 Å². The molecule has 0 aliphatic heterocycles. The summed E-state index contributed by atoms with van der Waals surface area (Å²) in [6, 6.07) is 12.6. The molecule has 0 saturated heterocycles. The van der Waals surface area contributed by atoms with Crippen LogP contribution in [0.4, 0.5) is 5.82 Å². The average molecular weight is 313 g/mol. The van der Waals surface area contributed by atoms with Crippen molar-refractivity contribution in [2.75, 3.05) is 5.32 Å². The summed E-state index contributed by atoms with van der Waals surface area (Å²) in [6.45, 7) is 8.38. The van der Waals surface area contributed by atoms with Gasteiger partial charge in [-0.15, -0.1) is 0 Å². The van der Waals surface area contributed by atoms with Crippen molar-refractivity contribution in [1.29, 1.82) is 0 Å². The maximum Gasteiger partial charge on any atom is 0.172 e. The second-order valence-corrected chi connectivity index (χ2v) is 5.98. The highest BCUT2D eigenvalue weighted by Crippen LogP contribution is 2.20. The van der Waals surface area contributed by atoms with E-state index in [0.29, 0.717) is 5.11 Å². The van der Waals surface area contributed by atoms with Crippen LogP contribution in [0.3, 0.4) is 0 Å². The van der Waals surface area contributed by atoms with Crippen LogP contribution in [0.25, 0.3) is 0 Å². The summed E-state index contributed by atoms with van der Waals surface area (Å²) in [7, 11) is 0. The van der Waals surface area contributed by atoms with E-state index in [1.54, 1.807) is 0 Å². The number of pyridine rings is 1. The van der Waals surface area contributed by atoms with Gasteiger partial charge in [-0.2, -0.15) is 0 Å². The average Bonchev–Trinajstić information content (AvgIpc) is 2.48. The lowest BCUT2D eigenvalue weighted by molar-refractivity contribution is 0.628. The molecule has 1 aromatic carbocycles. The van der Waals surface area contributed by atoms with Crippen molar-refractivity contribution in [3.63, 3.8) is 0 Å². The van der Waals surface area contributed by atoms with Gasteiger partial charge in [0.05, 0.1) is 6.04 Å². The molecule has 0 aliphatic rings. The van der Waals surface area contributed by atoms with Crippen LogP contribution in [0, 0.1) is 20.8 Å². The van der Waals surface area contributed by atoms with Crippen molar-refractivity contribution in [2.45, 2.75) is 40.2 Å². The van der Waals surface area contributed by atoms with E-state index in [1.807, 2.05) is 25.1 Å². The monoisotopic (exact) mass is 313 g/mol. The highest BCUT2D eigenvalue weighted by molar-refractivity contribution is 7.80. The second-order valence-electron chi connectivity index (χ2n) is 5.57. The number of aromatic nitrogens is 1. The predicted molar refractivity (Wildman–Crippen MR) is 97.3 cm³/mol. The quantitative estimate of drug-likeness (QED) is 0.818. The molecular formula is C18H23N3S. The van der Waals surface area contributed by atoms with Gasteiger partial charge in [-0.1, -0.05) is 31.2 Å². The first kappa shape index (κ1) is 16.4. The van der Waals surface area contributed by atoms with Crippen LogP contribution >= 0.6 is 12.2 Å². The number of nitrogens with one attached hydrogen (secondary N) is 2. The lowest BCUT2D eigenvalue weighted by atomic mass is 9.99. The van der Waals surface area contributed by atoms with E-state index < -0.39 is 0 Å². The van der Waals surface area contributed by atoms with Crippen molar-refractivity contribution >= 4 is 23.1 Å². The van der Waals surface area contributed by atoms with Crippen LogP contribution in [0.5, 0.6) is 0 Å². The Labute approximate surface area is 138 Å². The van der Waals surface area contributed by atoms with Gasteiger partial charge < -0.3 is 10.6 Å². The zero-order valence-corrected chi connectivity index (χ0v) is 14.4. The number of aryl methyl sites for hydroxylation is 3. The molecule has 22 heavy (non-hydrogen) atoms. The fraction of sp³-hybridized carbons (Fsp3) is 0.333. The van der Waals surface area contributed by atoms with E-state index in [4.69, 9.17) is 12.2 Å². The lowest BCUT2D eigenvalue weighted by Crippen LogP contribution is -2.32. The minimum absolute atomic E-state index is 0.198. The van der Waals surface area contributed by atoms with Crippen molar-refractivity contribution in [2.24, 2.45) is 0 Å². The van der Waals surface area contributed by atoms with Crippen LogP contribution in [-0.2, 0) is 0 Å². The van der Waals surface area contributed by atoms with Crippen molar-refractivity contribution < 1.29 is 0 Å². The molecule has 0 amide bonds. The summed E-state index contributed by atoms with van der Waals surface area (Å²) in [4.78, 5) is 4.41. The smallest absolute Gasteiger partial charge is 0.172 e. The molecule has 4 heteroatoms. The van der Waals surface area contributed by atoms with E-state index >= 15 is 0 Å². The van der Waals surface area contributed by atoms with Gasteiger partial charge in [0, 0.05) is 5.69 Å². The molecule has 0 aliphatic carbocycles. The number of rotatable bonds is 4. The number of anilines is 1. The van der Waals surface area contributed by atoms with Crippen LogP contribution in [-0.4, -0.2) is 10.1 Å². The molecule has 2 N–H and O–H groups in total. The molecular weight excluding hydrogens is 290 g/mol.